The predicted molar refractivity (Wildman–Crippen MR) is 198 cm³/mol. The van der Waals surface area contributed by atoms with E-state index < -0.39 is 21.5 Å². The highest BCUT2D eigenvalue weighted by Crippen LogP contribution is 2.53. The Kier molecular flexibility index (Phi) is 10.2. The Morgan fingerprint density at radius 3 is 2.38 bits per heavy atom. The fourth-order valence-electron chi connectivity index (χ4n) is 8.86. The van der Waals surface area contributed by atoms with Crippen LogP contribution in [0.5, 0.6) is 5.75 Å². The lowest BCUT2D eigenvalue weighted by Crippen LogP contribution is -2.43. The van der Waals surface area contributed by atoms with Crippen LogP contribution in [0.15, 0.2) is 36.4 Å². The molecule has 272 valence electrons. The van der Waals surface area contributed by atoms with Crippen LogP contribution < -0.4 is 9.46 Å². The van der Waals surface area contributed by atoms with Gasteiger partial charge in [0.2, 0.25) is 0 Å². The number of hydrogen-bond donors (Lipinski definition) is 1. The summed E-state index contributed by atoms with van der Waals surface area (Å²) in [5, 5.41) is 1.03. The molecular formula is C40H55N3O6S. The van der Waals surface area contributed by atoms with Gasteiger partial charge in [0, 0.05) is 42.7 Å². The van der Waals surface area contributed by atoms with Crippen molar-refractivity contribution in [2.24, 2.45) is 23.2 Å². The van der Waals surface area contributed by atoms with E-state index in [4.69, 9.17) is 9.47 Å². The van der Waals surface area contributed by atoms with Crippen molar-refractivity contribution >= 4 is 33.0 Å². The number of nitrogens with zero attached hydrogens (tertiary/aromatic N) is 2. The van der Waals surface area contributed by atoms with Crippen LogP contribution in [0.4, 0.5) is 0 Å². The second-order valence-electron chi connectivity index (χ2n) is 16.0. The van der Waals surface area contributed by atoms with E-state index in [0.29, 0.717) is 30.2 Å². The summed E-state index contributed by atoms with van der Waals surface area (Å²) in [4.78, 5) is 28.3. The number of methoxy groups -OCH3 is 1. The number of esters is 1. The molecule has 2 aromatic carbocycles. The molecule has 9 nitrogen and oxygen atoms in total. The summed E-state index contributed by atoms with van der Waals surface area (Å²) in [7, 11) is 0.438. The topological polar surface area (TPSA) is 107 Å². The minimum atomic E-state index is -3.99. The number of hydrogen-bond acceptors (Lipinski definition) is 6. The lowest BCUT2D eigenvalue weighted by Gasteiger charge is -2.40. The van der Waals surface area contributed by atoms with E-state index in [1.807, 2.05) is 19.1 Å². The number of aromatic nitrogens is 1. The highest BCUT2D eigenvalue weighted by atomic mass is 32.2. The van der Waals surface area contributed by atoms with Gasteiger partial charge in [0.05, 0.1) is 18.2 Å². The van der Waals surface area contributed by atoms with Crippen molar-refractivity contribution in [1.82, 2.24) is 13.6 Å². The zero-order valence-electron chi connectivity index (χ0n) is 31.0. The van der Waals surface area contributed by atoms with Crippen LogP contribution in [0.1, 0.15) is 119 Å². The van der Waals surface area contributed by atoms with Gasteiger partial charge in [0.15, 0.2) is 0 Å². The van der Waals surface area contributed by atoms with E-state index in [9.17, 15) is 18.0 Å². The fourth-order valence-corrected chi connectivity index (χ4v) is 9.39. The lowest BCUT2D eigenvalue weighted by atomic mass is 9.72. The standard InChI is InChI=1S/C40H55N3O6S/c1-24(2)30-17-14-25(3)20-35(30)49-39(45)40(5)23-43-34-21-28(38(44)41-50(46,47)42(6)7)15-18-32(34)36(27-12-10-9-11-13-27)37(43)31-19-16-29(48-8)22-33(31)26(40)4/h15-16,18-19,21-22,24-27,30,35H,9-14,17,20,23H2,1-8H3,(H,41,44)/t25-,26?,30+,35-,40?/m1/s1. The zero-order valence-corrected chi connectivity index (χ0v) is 31.9. The monoisotopic (exact) mass is 705 g/mol. The number of fused-ring (bicyclic) bond motifs is 5. The molecular weight excluding hydrogens is 651 g/mol. The average molecular weight is 706 g/mol. The van der Waals surface area contributed by atoms with Gasteiger partial charge in [-0.1, -0.05) is 59.4 Å². The number of carbonyl (C=O) groups excluding carboxylic acids is 2. The second kappa shape index (κ2) is 14.0. The Morgan fingerprint density at radius 1 is 1.00 bits per heavy atom. The molecule has 2 fully saturated rings. The van der Waals surface area contributed by atoms with Gasteiger partial charge in [-0.05, 0) is 104 Å². The van der Waals surface area contributed by atoms with Gasteiger partial charge in [-0.2, -0.15) is 12.7 Å². The van der Waals surface area contributed by atoms with E-state index in [0.717, 1.165) is 82.7 Å². The van der Waals surface area contributed by atoms with Crippen LogP contribution in [0.3, 0.4) is 0 Å². The summed E-state index contributed by atoms with van der Waals surface area (Å²) >= 11 is 0. The first-order chi connectivity index (χ1) is 23.7. The lowest BCUT2D eigenvalue weighted by molar-refractivity contribution is -0.169. The van der Waals surface area contributed by atoms with Gasteiger partial charge in [0.1, 0.15) is 11.9 Å². The van der Waals surface area contributed by atoms with Crippen molar-refractivity contribution in [3.63, 3.8) is 0 Å². The Balaban J connectivity index is 1.56. The van der Waals surface area contributed by atoms with Gasteiger partial charge in [-0.3, -0.25) is 9.59 Å². The number of amides is 1. The van der Waals surface area contributed by atoms with E-state index in [2.05, 4.69) is 49.1 Å². The molecule has 10 heteroatoms. The molecule has 3 aromatic rings. The molecule has 2 saturated carbocycles. The van der Waals surface area contributed by atoms with Crippen molar-refractivity contribution in [3.8, 4) is 17.0 Å². The summed E-state index contributed by atoms with van der Waals surface area (Å²) in [6, 6.07) is 11.7. The summed E-state index contributed by atoms with van der Waals surface area (Å²) in [6.45, 7) is 11.2. The minimum Gasteiger partial charge on any atom is -0.497 e. The maximum Gasteiger partial charge on any atom is 0.314 e. The molecule has 5 atom stereocenters. The average Bonchev–Trinajstić information content (AvgIpc) is 3.35. The second-order valence-corrected chi connectivity index (χ2v) is 17.9. The Bertz CT molecular complexity index is 1870. The number of carbonyl (C=O) groups is 2. The number of ether oxygens (including phenoxy) is 2. The van der Waals surface area contributed by atoms with E-state index in [1.165, 1.54) is 26.1 Å². The smallest absolute Gasteiger partial charge is 0.314 e. The zero-order chi connectivity index (χ0) is 36.1. The fraction of sp³-hybridized carbons (Fsp3) is 0.600. The van der Waals surface area contributed by atoms with Crippen LogP contribution in [0.2, 0.25) is 0 Å². The molecule has 6 rings (SSSR count). The van der Waals surface area contributed by atoms with Crippen LogP contribution >= 0.6 is 0 Å². The molecule has 2 unspecified atom stereocenters. The highest BCUT2D eigenvalue weighted by Gasteiger charge is 2.48. The third-order valence-electron chi connectivity index (χ3n) is 12.2. The molecule has 0 radical (unpaired) electrons. The van der Waals surface area contributed by atoms with E-state index in [-0.39, 0.29) is 23.6 Å². The quantitative estimate of drug-likeness (QED) is 0.238. The number of rotatable bonds is 8. The SMILES string of the molecule is COc1ccc2c(c1)C(C)C(C)(C(=O)O[C@@H]1C[C@H](C)CC[C@H]1C(C)C)Cn1c-2c(C2CCCCC2)c2ccc(C(=O)NS(=O)(=O)N(C)C)cc21. The van der Waals surface area contributed by atoms with Crippen LogP contribution in [0, 0.1) is 23.2 Å². The van der Waals surface area contributed by atoms with E-state index in [1.54, 1.807) is 19.2 Å². The molecule has 1 N–H and O–H groups in total. The maximum absolute atomic E-state index is 14.8. The van der Waals surface area contributed by atoms with Gasteiger partial charge in [-0.15, -0.1) is 0 Å². The third kappa shape index (κ3) is 6.58. The summed E-state index contributed by atoms with van der Waals surface area (Å²) in [5.41, 5.74) is 4.50. The highest BCUT2D eigenvalue weighted by molar-refractivity contribution is 7.87. The largest absolute Gasteiger partial charge is 0.497 e. The molecule has 50 heavy (non-hydrogen) atoms. The first kappa shape index (κ1) is 36.4. The molecule has 1 aromatic heterocycles. The number of benzene rings is 2. The van der Waals surface area contributed by atoms with Gasteiger partial charge < -0.3 is 14.0 Å². The summed E-state index contributed by atoms with van der Waals surface area (Å²) in [5.74, 6) is 1.14. The predicted octanol–water partition coefficient (Wildman–Crippen LogP) is 8.03. The van der Waals surface area contributed by atoms with Gasteiger partial charge >= 0.3 is 16.2 Å². The summed E-state index contributed by atoms with van der Waals surface area (Å²) in [6.07, 6.45) is 8.54. The Morgan fingerprint density at radius 2 is 1.72 bits per heavy atom. The van der Waals surface area contributed by atoms with Crippen LogP contribution in [-0.4, -0.2) is 56.5 Å². The first-order valence-electron chi connectivity index (χ1n) is 18.5. The van der Waals surface area contributed by atoms with Crippen LogP contribution in [0.25, 0.3) is 22.2 Å². The van der Waals surface area contributed by atoms with Gasteiger partial charge in [0.25, 0.3) is 5.91 Å². The molecule has 0 bridgehead atoms. The first-order valence-corrected chi connectivity index (χ1v) is 19.9. The third-order valence-corrected chi connectivity index (χ3v) is 13.6. The van der Waals surface area contributed by atoms with Crippen molar-refractivity contribution in [2.75, 3.05) is 21.2 Å². The Hall–Kier alpha value is -3.37. The molecule has 2 heterocycles. The molecule has 0 spiro atoms. The minimum absolute atomic E-state index is 0.143. The normalized spacial score (nSPS) is 26.0. The molecule has 1 amide bonds. The summed E-state index contributed by atoms with van der Waals surface area (Å²) < 4.78 is 43.1. The van der Waals surface area contributed by atoms with Crippen LogP contribution in [-0.2, 0) is 26.3 Å². The van der Waals surface area contributed by atoms with Gasteiger partial charge in [-0.25, -0.2) is 4.72 Å². The molecule has 3 aliphatic rings. The molecule has 2 aliphatic carbocycles. The van der Waals surface area contributed by atoms with Crippen molar-refractivity contribution in [2.45, 2.75) is 110 Å². The maximum atomic E-state index is 14.8. The van der Waals surface area contributed by atoms with Crippen molar-refractivity contribution < 1.29 is 27.5 Å². The molecule has 1 aliphatic heterocycles. The number of nitrogens with one attached hydrogen (secondary N) is 1. The molecule has 0 saturated heterocycles. The Labute approximate surface area is 298 Å². The van der Waals surface area contributed by atoms with E-state index >= 15 is 0 Å². The van der Waals surface area contributed by atoms with Crippen molar-refractivity contribution in [1.29, 1.82) is 0 Å². The van der Waals surface area contributed by atoms with Crippen molar-refractivity contribution in [3.05, 3.63) is 53.1 Å².